The smallest absolute Gasteiger partial charge is 0.287 e. The second-order valence-electron chi connectivity index (χ2n) is 7.28. The number of amides is 2. The van der Waals surface area contributed by atoms with Crippen LogP contribution >= 0.6 is 0 Å². The summed E-state index contributed by atoms with van der Waals surface area (Å²) in [6.07, 6.45) is 0. The number of quaternary nitrogens is 1. The van der Waals surface area contributed by atoms with Gasteiger partial charge in [0.15, 0.2) is 12.6 Å². The number of aryl methyl sites for hydroxylation is 1. The third kappa shape index (κ3) is 5.82. The van der Waals surface area contributed by atoms with Crippen molar-refractivity contribution in [2.75, 3.05) is 26.0 Å². The van der Waals surface area contributed by atoms with Gasteiger partial charge in [0.05, 0.1) is 19.8 Å². The fourth-order valence-corrected chi connectivity index (χ4v) is 3.16. The molecule has 150 valence electrons. The van der Waals surface area contributed by atoms with Crippen LogP contribution in [0.25, 0.3) is 0 Å². The number of anilines is 1. The van der Waals surface area contributed by atoms with Crippen molar-refractivity contribution in [3.8, 4) is 5.75 Å². The second-order valence-corrected chi connectivity index (χ2v) is 7.28. The fourth-order valence-electron chi connectivity index (χ4n) is 3.16. The predicted octanol–water partition coefficient (Wildman–Crippen LogP) is 1.72. The Morgan fingerprint density at radius 3 is 2.39 bits per heavy atom. The molecule has 28 heavy (non-hydrogen) atoms. The highest BCUT2D eigenvalue weighted by atomic mass is 16.5. The van der Waals surface area contributed by atoms with Gasteiger partial charge < -0.3 is 20.3 Å². The van der Waals surface area contributed by atoms with Crippen LogP contribution in [0.4, 0.5) is 5.69 Å². The lowest BCUT2D eigenvalue weighted by atomic mass is 10.0. The van der Waals surface area contributed by atoms with Crippen LogP contribution in [0.5, 0.6) is 5.75 Å². The molecule has 0 heterocycles. The van der Waals surface area contributed by atoms with Gasteiger partial charge in [-0.05, 0) is 38.5 Å². The van der Waals surface area contributed by atoms with Gasteiger partial charge in [0.25, 0.3) is 11.8 Å². The number of carbonyl (C=O) groups excluding carboxylic acids is 2. The van der Waals surface area contributed by atoms with E-state index in [4.69, 9.17) is 4.74 Å². The first kappa shape index (κ1) is 21.4. The maximum atomic E-state index is 13.2. The largest absolute Gasteiger partial charge is 0.495 e. The third-order valence-electron chi connectivity index (χ3n) is 4.39. The van der Waals surface area contributed by atoms with Crippen LogP contribution in [0.1, 0.15) is 31.0 Å². The predicted molar refractivity (Wildman–Crippen MR) is 111 cm³/mol. The number of benzene rings is 2. The van der Waals surface area contributed by atoms with E-state index >= 15 is 0 Å². The maximum Gasteiger partial charge on any atom is 0.287 e. The summed E-state index contributed by atoms with van der Waals surface area (Å²) >= 11 is 0. The Labute approximate surface area is 166 Å². The van der Waals surface area contributed by atoms with Crippen LogP contribution in [0.2, 0.25) is 0 Å². The van der Waals surface area contributed by atoms with Crippen molar-refractivity contribution in [1.29, 1.82) is 0 Å². The molecule has 0 radical (unpaired) electrons. The van der Waals surface area contributed by atoms with Crippen molar-refractivity contribution in [3.05, 3.63) is 59.7 Å². The summed E-state index contributed by atoms with van der Waals surface area (Å²) in [7, 11) is 3.42. The van der Waals surface area contributed by atoms with Crippen molar-refractivity contribution in [3.63, 3.8) is 0 Å². The minimum atomic E-state index is -0.538. The van der Waals surface area contributed by atoms with Gasteiger partial charge in [0.2, 0.25) is 0 Å². The molecule has 2 aromatic rings. The molecule has 2 rings (SSSR count). The highest BCUT2D eigenvalue weighted by Gasteiger charge is 2.31. The topological polar surface area (TPSA) is 71.9 Å². The normalized spacial score (nSPS) is 12.9. The Morgan fingerprint density at radius 2 is 1.79 bits per heavy atom. The van der Waals surface area contributed by atoms with Gasteiger partial charge >= 0.3 is 0 Å². The molecule has 0 spiro atoms. The molecule has 2 amide bonds. The number of carbonyl (C=O) groups is 2. The van der Waals surface area contributed by atoms with E-state index in [1.807, 2.05) is 76.3 Å². The molecule has 0 aliphatic rings. The minimum Gasteiger partial charge on any atom is -0.495 e. The first-order valence-corrected chi connectivity index (χ1v) is 9.44. The molecule has 0 aliphatic carbocycles. The van der Waals surface area contributed by atoms with Crippen LogP contribution < -0.4 is 20.3 Å². The molecule has 1 unspecified atom stereocenters. The molecule has 0 fully saturated rings. The van der Waals surface area contributed by atoms with Crippen molar-refractivity contribution in [2.24, 2.45) is 0 Å². The van der Waals surface area contributed by atoms with Crippen LogP contribution in [0, 0.1) is 6.92 Å². The van der Waals surface area contributed by atoms with Crippen molar-refractivity contribution >= 4 is 17.5 Å². The summed E-state index contributed by atoms with van der Waals surface area (Å²) < 4.78 is 5.37. The van der Waals surface area contributed by atoms with Gasteiger partial charge in [0, 0.05) is 11.6 Å². The highest BCUT2D eigenvalue weighted by Crippen LogP contribution is 2.26. The Balaban J connectivity index is 2.28. The molecule has 0 aliphatic heterocycles. The third-order valence-corrected chi connectivity index (χ3v) is 4.39. The van der Waals surface area contributed by atoms with Gasteiger partial charge in [-0.3, -0.25) is 9.59 Å². The number of nitrogens with one attached hydrogen (secondary N) is 3. The van der Waals surface area contributed by atoms with Gasteiger partial charge in [0.1, 0.15) is 5.75 Å². The molecule has 6 nitrogen and oxygen atoms in total. The molecular weight excluding hydrogens is 354 g/mol. The number of hydrogen-bond acceptors (Lipinski definition) is 3. The maximum absolute atomic E-state index is 13.2. The number of ether oxygens (including phenoxy) is 1. The van der Waals surface area contributed by atoms with Gasteiger partial charge in [-0.25, -0.2) is 0 Å². The van der Waals surface area contributed by atoms with Crippen LogP contribution in [0.3, 0.4) is 0 Å². The van der Waals surface area contributed by atoms with E-state index in [0.29, 0.717) is 11.4 Å². The van der Waals surface area contributed by atoms with E-state index in [1.54, 1.807) is 7.11 Å². The highest BCUT2D eigenvalue weighted by molar-refractivity contribution is 5.96. The Kier molecular flexibility index (Phi) is 7.58. The molecule has 2 aromatic carbocycles. The summed E-state index contributed by atoms with van der Waals surface area (Å²) in [5, 5.41) is 5.86. The first-order chi connectivity index (χ1) is 13.3. The molecule has 3 N–H and O–H groups in total. The van der Waals surface area contributed by atoms with E-state index < -0.39 is 6.04 Å². The van der Waals surface area contributed by atoms with Crippen molar-refractivity contribution in [1.82, 2.24) is 5.32 Å². The van der Waals surface area contributed by atoms with Crippen molar-refractivity contribution in [2.45, 2.75) is 32.9 Å². The molecule has 2 atom stereocenters. The second kappa shape index (κ2) is 9.90. The Hall–Kier alpha value is -2.86. The average molecular weight is 385 g/mol. The molecule has 6 heteroatoms. The Bertz CT molecular complexity index is 806. The lowest BCUT2D eigenvalue weighted by molar-refractivity contribution is -0.894. The SMILES string of the molecule is COc1ccc(C)cc1NC(=O)[C@H](c1ccccc1)[NH+](C)CC(=O)NC(C)C. The van der Waals surface area contributed by atoms with Crippen molar-refractivity contribution < 1.29 is 19.2 Å². The molecule has 0 saturated carbocycles. The lowest BCUT2D eigenvalue weighted by Gasteiger charge is -2.25. The summed E-state index contributed by atoms with van der Waals surface area (Å²) in [4.78, 5) is 26.2. The molecule has 0 aromatic heterocycles. The summed E-state index contributed by atoms with van der Waals surface area (Å²) in [5.41, 5.74) is 2.48. The monoisotopic (exact) mass is 384 g/mol. The van der Waals surface area contributed by atoms with Crippen LogP contribution in [0.15, 0.2) is 48.5 Å². The number of methoxy groups -OCH3 is 1. The molecule has 0 bridgehead atoms. The molecule has 0 saturated heterocycles. The van der Waals surface area contributed by atoms with E-state index in [2.05, 4.69) is 10.6 Å². The zero-order valence-electron chi connectivity index (χ0n) is 17.2. The zero-order valence-corrected chi connectivity index (χ0v) is 17.2. The van der Waals surface area contributed by atoms with E-state index in [0.717, 1.165) is 16.0 Å². The van der Waals surface area contributed by atoms with Gasteiger partial charge in [-0.15, -0.1) is 0 Å². The standard InChI is InChI=1S/C22H29N3O3/c1-15(2)23-20(26)14-25(4)21(17-9-7-6-8-10-17)22(27)24-18-13-16(3)11-12-19(18)28-5/h6-13,15,21H,14H2,1-5H3,(H,23,26)(H,24,27)/p+1/t21-/m0/s1. The number of likely N-dealkylation sites (N-methyl/N-ethyl adjacent to an activating group) is 1. The van der Waals surface area contributed by atoms with E-state index in [-0.39, 0.29) is 24.4 Å². The zero-order chi connectivity index (χ0) is 20.7. The molecular formula is C22H30N3O3+. The average Bonchev–Trinajstić information content (AvgIpc) is 2.62. The van der Waals surface area contributed by atoms with Gasteiger partial charge in [-0.2, -0.15) is 0 Å². The fraction of sp³-hybridized carbons (Fsp3) is 0.364. The van der Waals surface area contributed by atoms with Crippen LogP contribution in [-0.2, 0) is 9.59 Å². The summed E-state index contributed by atoms with van der Waals surface area (Å²) in [5.74, 6) is 0.320. The lowest BCUT2D eigenvalue weighted by Crippen LogP contribution is -3.11. The number of rotatable bonds is 8. The van der Waals surface area contributed by atoms with E-state index in [9.17, 15) is 9.59 Å². The first-order valence-electron chi connectivity index (χ1n) is 9.44. The van der Waals surface area contributed by atoms with E-state index in [1.165, 1.54) is 0 Å². The number of hydrogen-bond donors (Lipinski definition) is 3. The summed E-state index contributed by atoms with van der Waals surface area (Å²) in [6.45, 7) is 5.98. The van der Waals surface area contributed by atoms with Gasteiger partial charge in [-0.1, -0.05) is 36.4 Å². The quantitative estimate of drug-likeness (QED) is 0.649. The minimum absolute atomic E-state index is 0.0563. The van der Waals surface area contributed by atoms with Crippen LogP contribution in [-0.4, -0.2) is 38.6 Å². The summed E-state index contributed by atoms with van der Waals surface area (Å²) in [6, 6.07) is 14.6. The Morgan fingerprint density at radius 1 is 1.11 bits per heavy atom.